The zero-order valence-electron chi connectivity index (χ0n) is 26.2. The van der Waals surface area contributed by atoms with Crippen molar-refractivity contribution in [2.45, 2.75) is 37.3 Å². The molecule has 2 heterocycles. The van der Waals surface area contributed by atoms with Crippen LogP contribution < -0.4 is 20.7 Å². The second-order valence-electron chi connectivity index (χ2n) is 11.6. The van der Waals surface area contributed by atoms with E-state index in [-0.39, 0.29) is 10.8 Å². The van der Waals surface area contributed by atoms with Gasteiger partial charge in [-0.05, 0) is 80.4 Å². The van der Waals surface area contributed by atoms with E-state index in [9.17, 15) is 22.4 Å². The van der Waals surface area contributed by atoms with Gasteiger partial charge in [0.25, 0.3) is 5.91 Å². The van der Waals surface area contributed by atoms with Gasteiger partial charge >= 0.3 is 6.09 Å². The number of hydrogen-bond acceptors (Lipinski definition) is 9. The summed E-state index contributed by atoms with van der Waals surface area (Å²) in [5.41, 5.74) is 2.78. The van der Waals surface area contributed by atoms with Crippen molar-refractivity contribution in [1.82, 2.24) is 19.9 Å². The summed E-state index contributed by atoms with van der Waals surface area (Å²) in [7, 11) is -1.97. The summed E-state index contributed by atoms with van der Waals surface area (Å²) >= 11 is 0. The molecular weight excluding hydrogens is 627 g/mol. The maximum absolute atomic E-state index is 13.6. The molecule has 5 rings (SSSR count). The van der Waals surface area contributed by atoms with E-state index in [0.717, 1.165) is 17.4 Å². The summed E-state index contributed by atoms with van der Waals surface area (Å²) in [4.78, 5) is 30.4. The molecule has 12 nitrogen and oxygen atoms in total. The predicted octanol–water partition coefficient (Wildman–Crippen LogP) is 5.90. The van der Waals surface area contributed by atoms with E-state index in [2.05, 4.69) is 26.0 Å². The summed E-state index contributed by atoms with van der Waals surface area (Å²) < 4.78 is 49.7. The van der Waals surface area contributed by atoms with Crippen LogP contribution in [0.2, 0.25) is 0 Å². The van der Waals surface area contributed by atoms with Gasteiger partial charge in [-0.15, -0.1) is 5.10 Å². The second kappa shape index (κ2) is 13.1. The molecule has 5 aromatic rings. The molecule has 0 radical (unpaired) electrons. The first-order valence-electron chi connectivity index (χ1n) is 14.4. The number of methoxy groups -OCH3 is 1. The number of benzene rings is 3. The number of ether oxygens (including phenoxy) is 2. The summed E-state index contributed by atoms with van der Waals surface area (Å²) in [6.07, 6.45) is 2.13. The number of nitrogens with zero attached hydrogens (tertiary/aromatic N) is 3. The van der Waals surface area contributed by atoms with Crippen molar-refractivity contribution < 1.29 is 31.9 Å². The molecule has 14 heteroatoms. The molecule has 0 aliphatic heterocycles. The molecule has 0 bridgehead atoms. The first-order valence-corrected chi connectivity index (χ1v) is 16.3. The smallest absolute Gasteiger partial charge is 0.408 e. The third-order valence-corrected chi connectivity index (χ3v) is 7.90. The lowest BCUT2D eigenvalue weighted by atomic mass is 10.1. The third-order valence-electron chi connectivity index (χ3n) is 6.79. The van der Waals surface area contributed by atoms with Crippen LogP contribution >= 0.6 is 0 Å². The predicted molar refractivity (Wildman–Crippen MR) is 175 cm³/mol. The largest absolute Gasteiger partial charge is 0.495 e. The number of amides is 2. The number of fused-ring (bicyclic) bond motifs is 1. The highest BCUT2D eigenvalue weighted by Gasteiger charge is 2.26. The van der Waals surface area contributed by atoms with E-state index in [1.165, 1.54) is 43.5 Å². The van der Waals surface area contributed by atoms with Gasteiger partial charge < -0.3 is 25.4 Å². The normalized spacial score (nSPS) is 12.3. The van der Waals surface area contributed by atoms with Gasteiger partial charge in [-0.1, -0.05) is 24.3 Å². The highest BCUT2D eigenvalue weighted by Crippen LogP contribution is 2.30. The van der Waals surface area contributed by atoms with E-state index in [4.69, 9.17) is 9.47 Å². The van der Waals surface area contributed by atoms with Gasteiger partial charge in [-0.2, -0.15) is 4.98 Å². The number of hydrogen-bond donors (Lipinski definition) is 3. The van der Waals surface area contributed by atoms with E-state index in [1.54, 1.807) is 55.7 Å². The molecule has 0 unspecified atom stereocenters. The highest BCUT2D eigenvalue weighted by atomic mass is 32.2. The van der Waals surface area contributed by atoms with Crippen LogP contribution in [0.3, 0.4) is 0 Å². The van der Waals surface area contributed by atoms with E-state index in [1.807, 2.05) is 18.2 Å². The molecule has 0 aliphatic rings. The van der Waals surface area contributed by atoms with Crippen LogP contribution in [-0.4, -0.2) is 54.0 Å². The highest BCUT2D eigenvalue weighted by molar-refractivity contribution is 7.90. The number of rotatable bonds is 9. The van der Waals surface area contributed by atoms with E-state index >= 15 is 0 Å². The van der Waals surface area contributed by atoms with Gasteiger partial charge in [0.2, 0.25) is 5.95 Å². The number of anilines is 3. The fraction of sp³-hybridized carbons (Fsp3) is 0.212. The lowest BCUT2D eigenvalue weighted by molar-refractivity contribution is -0.118. The Labute approximate surface area is 270 Å². The molecule has 244 valence electrons. The van der Waals surface area contributed by atoms with Gasteiger partial charge in [0.05, 0.1) is 17.7 Å². The van der Waals surface area contributed by atoms with Crippen LogP contribution in [0.25, 0.3) is 16.8 Å². The average molecular weight is 661 g/mol. The maximum atomic E-state index is 13.6. The molecule has 0 saturated carbocycles. The minimum atomic E-state index is -3.41. The number of nitrogens with one attached hydrogen (secondary N) is 3. The van der Waals surface area contributed by atoms with Crippen molar-refractivity contribution >= 4 is 44.8 Å². The molecule has 0 saturated heterocycles. The fourth-order valence-corrected chi connectivity index (χ4v) is 5.21. The molecule has 2 aromatic heterocycles. The molecule has 1 atom stereocenters. The fourth-order valence-electron chi connectivity index (χ4n) is 4.57. The number of sulfone groups is 1. The molecule has 0 aliphatic carbocycles. The maximum Gasteiger partial charge on any atom is 0.408 e. The molecule has 0 fully saturated rings. The number of pyridine rings is 1. The minimum absolute atomic E-state index is 0.128. The molecule has 3 N–H and O–H groups in total. The van der Waals surface area contributed by atoms with Gasteiger partial charge in [0.15, 0.2) is 15.5 Å². The lowest BCUT2D eigenvalue weighted by Gasteiger charge is -2.23. The third kappa shape index (κ3) is 8.21. The first kappa shape index (κ1) is 32.9. The Hall–Kier alpha value is -5.50. The Bertz CT molecular complexity index is 2040. The van der Waals surface area contributed by atoms with E-state index < -0.39 is 39.3 Å². The van der Waals surface area contributed by atoms with Gasteiger partial charge in [-0.3, -0.25) is 4.79 Å². The Kier molecular flexibility index (Phi) is 9.15. The van der Waals surface area contributed by atoms with Crippen LogP contribution in [-0.2, 0) is 19.4 Å². The number of carbonyl (C=O) groups is 2. The van der Waals surface area contributed by atoms with Crippen molar-refractivity contribution in [3.63, 3.8) is 0 Å². The number of alkyl carbamates (subject to hydrolysis) is 1. The number of aromatic nitrogens is 3. The topological polar surface area (TPSA) is 153 Å². The Morgan fingerprint density at radius 1 is 0.936 bits per heavy atom. The van der Waals surface area contributed by atoms with Crippen LogP contribution in [0.5, 0.6) is 5.75 Å². The van der Waals surface area contributed by atoms with Crippen LogP contribution in [0.1, 0.15) is 32.4 Å². The summed E-state index contributed by atoms with van der Waals surface area (Å²) in [6, 6.07) is 19.3. The minimum Gasteiger partial charge on any atom is -0.495 e. The summed E-state index contributed by atoms with van der Waals surface area (Å²) in [5, 5.41) is 12.9. The number of halogens is 1. The van der Waals surface area contributed by atoms with Crippen molar-refractivity contribution in [3.05, 3.63) is 96.4 Å². The van der Waals surface area contributed by atoms with Crippen LogP contribution in [0.4, 0.5) is 26.5 Å². The Morgan fingerprint density at radius 3 is 2.26 bits per heavy atom. The quantitative estimate of drug-likeness (QED) is 0.176. The van der Waals surface area contributed by atoms with Crippen molar-refractivity contribution in [1.29, 1.82) is 0 Å². The zero-order valence-corrected chi connectivity index (χ0v) is 27.1. The molecular formula is C33H33FN6O6S. The standard InChI is InChI=1S/C33H33FN6O6S/c1-33(2,3)46-32(42)38-29(21-6-11-23(34)12-7-21)30(41)35-24-13-8-20(9-14-24)22-10-17-28-37-31(39-40(28)19-22)36-26-16-15-25(47(5,43)44)18-27(26)45-4/h6-19,29H,1-5H3,(H,35,41)(H,36,39)(H,38,42)/t29-/m1/s1. The zero-order chi connectivity index (χ0) is 33.9. The van der Waals surface area contributed by atoms with Gasteiger partial charge in [-0.25, -0.2) is 22.1 Å². The Balaban J connectivity index is 1.31. The van der Waals surface area contributed by atoms with Crippen molar-refractivity contribution in [3.8, 4) is 16.9 Å². The second-order valence-corrected chi connectivity index (χ2v) is 13.6. The number of carbonyl (C=O) groups excluding carboxylic acids is 2. The van der Waals surface area contributed by atoms with Gasteiger partial charge in [0.1, 0.15) is 23.2 Å². The van der Waals surface area contributed by atoms with E-state index in [0.29, 0.717) is 28.3 Å². The monoisotopic (exact) mass is 660 g/mol. The first-order chi connectivity index (χ1) is 22.2. The lowest BCUT2D eigenvalue weighted by Crippen LogP contribution is -2.40. The SMILES string of the molecule is COc1cc(S(C)(=O)=O)ccc1Nc1nc2ccc(-c3ccc(NC(=O)[C@H](NC(=O)OC(C)(C)C)c4ccc(F)cc4)cc3)cn2n1. The molecule has 3 aromatic carbocycles. The summed E-state index contributed by atoms with van der Waals surface area (Å²) in [5.74, 6) is -0.411. The van der Waals surface area contributed by atoms with Crippen LogP contribution in [0, 0.1) is 5.82 Å². The van der Waals surface area contributed by atoms with Gasteiger partial charge in [0, 0.05) is 29.8 Å². The Morgan fingerprint density at radius 2 is 1.62 bits per heavy atom. The van der Waals surface area contributed by atoms with Crippen LogP contribution in [0.15, 0.2) is 90.0 Å². The molecule has 2 amide bonds. The van der Waals surface area contributed by atoms with Crippen molar-refractivity contribution in [2.75, 3.05) is 24.0 Å². The van der Waals surface area contributed by atoms with Crippen molar-refractivity contribution in [2.24, 2.45) is 0 Å². The molecule has 47 heavy (non-hydrogen) atoms. The summed E-state index contributed by atoms with van der Waals surface area (Å²) in [6.45, 7) is 5.12. The molecule has 0 spiro atoms. The average Bonchev–Trinajstić information content (AvgIpc) is 3.41.